The highest BCUT2D eigenvalue weighted by atomic mass is 16.4. The van der Waals surface area contributed by atoms with E-state index in [2.05, 4.69) is 0 Å². The lowest BCUT2D eigenvalue weighted by Crippen LogP contribution is -2.52. The van der Waals surface area contributed by atoms with Gasteiger partial charge in [-0.25, -0.2) is 0 Å². The summed E-state index contributed by atoms with van der Waals surface area (Å²) in [5.74, 6) is -1.48. The summed E-state index contributed by atoms with van der Waals surface area (Å²) in [7, 11) is 0. The van der Waals surface area contributed by atoms with Crippen molar-refractivity contribution in [3.8, 4) is 0 Å². The maximum absolute atomic E-state index is 11.8. The van der Waals surface area contributed by atoms with Crippen molar-refractivity contribution in [2.75, 3.05) is 0 Å². The highest BCUT2D eigenvalue weighted by molar-refractivity contribution is 5.96. The Bertz CT molecular complexity index is 449. The molecular weight excluding hydrogens is 232 g/mol. The summed E-state index contributed by atoms with van der Waals surface area (Å²) in [6, 6.07) is 0. The van der Waals surface area contributed by atoms with Crippen molar-refractivity contribution in [2.24, 2.45) is 17.3 Å². The number of carboxylic acid groups (broad SMARTS) is 1. The van der Waals surface area contributed by atoms with Crippen LogP contribution in [-0.4, -0.2) is 28.1 Å². The van der Waals surface area contributed by atoms with Crippen LogP contribution in [0.2, 0.25) is 0 Å². The highest BCUT2D eigenvalue weighted by Crippen LogP contribution is 2.51. The minimum Gasteiger partial charge on any atom is -0.481 e. The van der Waals surface area contributed by atoms with E-state index in [4.69, 9.17) is 5.11 Å². The van der Waals surface area contributed by atoms with Crippen molar-refractivity contribution in [1.82, 2.24) is 0 Å². The summed E-state index contributed by atoms with van der Waals surface area (Å²) < 4.78 is 0. The van der Waals surface area contributed by atoms with Crippen molar-refractivity contribution in [3.63, 3.8) is 0 Å². The Morgan fingerprint density at radius 3 is 2.83 bits per heavy atom. The van der Waals surface area contributed by atoms with Gasteiger partial charge in [-0.05, 0) is 31.3 Å². The molecule has 0 aliphatic heterocycles. The molecule has 4 nitrogen and oxygen atoms in total. The summed E-state index contributed by atoms with van der Waals surface area (Å²) in [6.45, 7) is 3.71. The zero-order chi connectivity index (χ0) is 13.5. The maximum atomic E-state index is 11.8. The Kier molecular flexibility index (Phi) is 3.15. The van der Waals surface area contributed by atoms with Gasteiger partial charge >= 0.3 is 5.97 Å². The van der Waals surface area contributed by atoms with Gasteiger partial charge in [0.2, 0.25) is 0 Å². The average molecular weight is 250 g/mol. The predicted octanol–water partition coefficient (Wildman–Crippen LogP) is 1.55. The molecule has 0 saturated carbocycles. The van der Waals surface area contributed by atoms with Crippen LogP contribution in [0.15, 0.2) is 23.8 Å². The molecule has 4 heteroatoms. The van der Waals surface area contributed by atoms with E-state index in [9.17, 15) is 14.7 Å². The topological polar surface area (TPSA) is 74.6 Å². The smallest absolute Gasteiger partial charge is 0.303 e. The second kappa shape index (κ2) is 4.35. The third-order valence-electron chi connectivity index (χ3n) is 4.46. The number of hydrogen-bond acceptors (Lipinski definition) is 3. The van der Waals surface area contributed by atoms with Gasteiger partial charge in [-0.2, -0.15) is 0 Å². The molecule has 2 aliphatic carbocycles. The predicted molar refractivity (Wildman–Crippen MR) is 65.9 cm³/mol. The lowest BCUT2D eigenvalue weighted by Gasteiger charge is -2.49. The summed E-state index contributed by atoms with van der Waals surface area (Å²) in [6.07, 6.45) is 4.87. The first-order valence-corrected chi connectivity index (χ1v) is 6.16. The largest absolute Gasteiger partial charge is 0.481 e. The standard InChI is InChI=1S/C14H18O4/c1-8-6-11(15)13(18)14(2)9(7-12(16)17)4-3-5-10(8)14/h3-4,6,9-10,13,18H,5,7H2,1-2H3,(H,16,17). The normalized spacial score (nSPS) is 39.2. The molecule has 2 aliphatic rings. The fraction of sp³-hybridized carbons (Fsp3) is 0.571. The van der Waals surface area contributed by atoms with Crippen LogP contribution >= 0.6 is 0 Å². The summed E-state index contributed by atoms with van der Waals surface area (Å²) in [5.41, 5.74) is 0.232. The van der Waals surface area contributed by atoms with Gasteiger partial charge in [0.25, 0.3) is 0 Å². The number of aliphatic hydroxyl groups is 1. The molecule has 2 N–H and O–H groups in total. The Morgan fingerprint density at radius 2 is 2.22 bits per heavy atom. The molecule has 0 aromatic rings. The minimum atomic E-state index is -1.11. The monoisotopic (exact) mass is 250 g/mol. The van der Waals surface area contributed by atoms with Crippen LogP contribution in [0, 0.1) is 17.3 Å². The number of allylic oxidation sites excluding steroid dienone is 3. The van der Waals surface area contributed by atoms with Gasteiger partial charge in [0.1, 0.15) is 6.10 Å². The number of aliphatic carboxylic acids is 1. The Hall–Kier alpha value is -1.42. The molecule has 0 saturated heterocycles. The van der Waals surface area contributed by atoms with Crippen LogP contribution < -0.4 is 0 Å². The van der Waals surface area contributed by atoms with E-state index in [1.807, 2.05) is 26.0 Å². The zero-order valence-corrected chi connectivity index (χ0v) is 10.6. The second-order valence-electron chi connectivity index (χ2n) is 5.48. The molecule has 0 heterocycles. The molecule has 0 radical (unpaired) electrons. The maximum Gasteiger partial charge on any atom is 0.303 e. The molecule has 18 heavy (non-hydrogen) atoms. The van der Waals surface area contributed by atoms with Crippen LogP contribution in [0.4, 0.5) is 0 Å². The quantitative estimate of drug-likeness (QED) is 0.729. The van der Waals surface area contributed by atoms with Gasteiger partial charge in [0.15, 0.2) is 5.78 Å². The summed E-state index contributed by atoms with van der Waals surface area (Å²) in [5, 5.41) is 19.2. The second-order valence-corrected chi connectivity index (χ2v) is 5.48. The first kappa shape index (κ1) is 13.0. The van der Waals surface area contributed by atoms with Crippen LogP contribution in [-0.2, 0) is 9.59 Å². The number of fused-ring (bicyclic) bond motifs is 1. The van der Waals surface area contributed by atoms with Crippen molar-refractivity contribution in [2.45, 2.75) is 32.8 Å². The molecule has 4 atom stereocenters. The molecule has 2 rings (SSSR count). The van der Waals surface area contributed by atoms with Gasteiger partial charge in [-0.1, -0.05) is 24.6 Å². The van der Waals surface area contributed by atoms with E-state index in [0.717, 1.165) is 12.0 Å². The van der Waals surface area contributed by atoms with E-state index in [1.54, 1.807) is 0 Å². The van der Waals surface area contributed by atoms with E-state index in [-0.39, 0.29) is 24.0 Å². The highest BCUT2D eigenvalue weighted by Gasteiger charge is 2.52. The van der Waals surface area contributed by atoms with E-state index in [1.165, 1.54) is 6.08 Å². The fourth-order valence-corrected chi connectivity index (χ4v) is 3.35. The first-order valence-electron chi connectivity index (χ1n) is 6.16. The number of carbonyl (C=O) groups is 2. The van der Waals surface area contributed by atoms with Gasteiger partial charge in [-0.3, -0.25) is 9.59 Å². The van der Waals surface area contributed by atoms with Crippen LogP contribution in [0.1, 0.15) is 26.7 Å². The number of rotatable bonds is 2. The lowest BCUT2D eigenvalue weighted by molar-refractivity contribution is -0.145. The van der Waals surface area contributed by atoms with Crippen LogP contribution in [0.25, 0.3) is 0 Å². The van der Waals surface area contributed by atoms with Crippen molar-refractivity contribution in [3.05, 3.63) is 23.8 Å². The number of hydrogen-bond donors (Lipinski definition) is 2. The van der Waals surface area contributed by atoms with E-state index in [0.29, 0.717) is 0 Å². The molecule has 0 spiro atoms. The van der Waals surface area contributed by atoms with Crippen molar-refractivity contribution < 1.29 is 19.8 Å². The average Bonchev–Trinajstić information content (AvgIpc) is 2.28. The molecule has 98 valence electrons. The Balaban J connectivity index is 2.45. The third-order valence-corrected chi connectivity index (χ3v) is 4.46. The summed E-state index contributed by atoms with van der Waals surface area (Å²) >= 11 is 0. The molecule has 4 unspecified atom stereocenters. The molecule has 0 fully saturated rings. The van der Waals surface area contributed by atoms with Gasteiger partial charge < -0.3 is 10.2 Å². The first-order chi connectivity index (χ1) is 8.37. The molecule has 0 amide bonds. The van der Waals surface area contributed by atoms with E-state index >= 15 is 0 Å². The number of carboxylic acids is 1. The molecule has 0 bridgehead atoms. The van der Waals surface area contributed by atoms with Gasteiger partial charge in [0.05, 0.1) is 6.42 Å². The van der Waals surface area contributed by atoms with E-state index < -0.39 is 17.5 Å². The third kappa shape index (κ3) is 1.81. The lowest BCUT2D eigenvalue weighted by atomic mass is 9.55. The zero-order valence-electron chi connectivity index (χ0n) is 10.6. The summed E-state index contributed by atoms with van der Waals surface area (Å²) in [4.78, 5) is 22.7. The molecule has 0 aromatic heterocycles. The molecule has 0 aromatic carbocycles. The van der Waals surface area contributed by atoms with Gasteiger partial charge in [0, 0.05) is 5.41 Å². The minimum absolute atomic E-state index is 0.0412. The molecular formula is C14H18O4. The Labute approximate surface area is 106 Å². The van der Waals surface area contributed by atoms with Crippen molar-refractivity contribution >= 4 is 11.8 Å². The number of aliphatic hydroxyl groups excluding tert-OH is 1. The van der Waals surface area contributed by atoms with Gasteiger partial charge in [-0.15, -0.1) is 0 Å². The number of carbonyl (C=O) groups excluding carboxylic acids is 1. The van der Waals surface area contributed by atoms with Crippen LogP contribution in [0.5, 0.6) is 0 Å². The number of ketones is 1. The van der Waals surface area contributed by atoms with Crippen LogP contribution in [0.3, 0.4) is 0 Å². The Morgan fingerprint density at radius 1 is 1.56 bits per heavy atom. The fourth-order valence-electron chi connectivity index (χ4n) is 3.35. The van der Waals surface area contributed by atoms with Crippen molar-refractivity contribution in [1.29, 1.82) is 0 Å². The SMILES string of the molecule is CC1=CC(=O)C(O)C2(C)C(CC(=O)O)C=CCC12.